The maximum Gasteiger partial charge on any atom is 0.223 e. The largest absolute Gasteiger partial charge is 0.494 e. The number of fused-ring (bicyclic) bond motifs is 1. The number of aromatic nitrogens is 2. The number of imidazole rings is 1. The van der Waals surface area contributed by atoms with E-state index < -0.39 is 0 Å². The van der Waals surface area contributed by atoms with Gasteiger partial charge in [0.1, 0.15) is 11.6 Å². The molecule has 1 N–H and O–H groups in total. The summed E-state index contributed by atoms with van der Waals surface area (Å²) in [6.45, 7) is 6.32. The number of nitrogens with one attached hydrogen (secondary N) is 1. The van der Waals surface area contributed by atoms with Crippen molar-refractivity contribution >= 4 is 28.5 Å². The quantitative estimate of drug-likeness (QED) is 0.331. The van der Waals surface area contributed by atoms with Gasteiger partial charge in [-0.1, -0.05) is 30.2 Å². The first-order valence-corrected chi connectivity index (χ1v) is 12.5. The van der Waals surface area contributed by atoms with Gasteiger partial charge in [0.25, 0.3) is 0 Å². The average Bonchev–Trinajstić information content (AvgIpc) is 3.60. The SMILES string of the molecule is Cc1cc(OCCCn2c(CCCCCNC(=O)C3CC3)nc3ccccc32)cc(C)c1Cl. The van der Waals surface area contributed by atoms with Crippen molar-refractivity contribution in [3.63, 3.8) is 0 Å². The van der Waals surface area contributed by atoms with Crippen LogP contribution in [0.5, 0.6) is 5.75 Å². The summed E-state index contributed by atoms with van der Waals surface area (Å²) < 4.78 is 8.35. The fourth-order valence-electron chi connectivity index (χ4n) is 4.25. The van der Waals surface area contributed by atoms with Gasteiger partial charge in [0.05, 0.1) is 17.6 Å². The Morgan fingerprint density at radius 2 is 1.88 bits per heavy atom. The van der Waals surface area contributed by atoms with E-state index in [9.17, 15) is 4.79 Å². The number of benzene rings is 2. The second-order valence-corrected chi connectivity index (χ2v) is 9.50. The monoisotopic (exact) mass is 467 g/mol. The topological polar surface area (TPSA) is 56.1 Å². The fraction of sp³-hybridized carbons (Fsp3) is 0.481. The number of ether oxygens (including phenoxy) is 1. The van der Waals surface area contributed by atoms with E-state index in [1.165, 1.54) is 5.52 Å². The molecule has 6 heteroatoms. The molecule has 0 bridgehead atoms. The summed E-state index contributed by atoms with van der Waals surface area (Å²) in [6.07, 6.45) is 7.16. The molecule has 0 atom stereocenters. The summed E-state index contributed by atoms with van der Waals surface area (Å²) in [6, 6.07) is 12.3. The van der Waals surface area contributed by atoms with E-state index in [2.05, 4.69) is 28.1 Å². The Labute approximate surface area is 201 Å². The molecule has 0 spiro atoms. The molecule has 0 saturated heterocycles. The van der Waals surface area contributed by atoms with Crippen LogP contribution in [0, 0.1) is 19.8 Å². The Bertz CT molecular complexity index is 1080. The second kappa shape index (κ2) is 11.1. The van der Waals surface area contributed by atoms with E-state index in [1.54, 1.807) is 0 Å². The summed E-state index contributed by atoms with van der Waals surface area (Å²) >= 11 is 6.27. The number of amides is 1. The lowest BCUT2D eigenvalue weighted by molar-refractivity contribution is -0.122. The highest BCUT2D eigenvalue weighted by molar-refractivity contribution is 6.32. The minimum absolute atomic E-state index is 0.239. The molecular formula is C27H34ClN3O2. The first kappa shape index (κ1) is 23.6. The first-order chi connectivity index (χ1) is 16.0. The third-order valence-corrected chi connectivity index (χ3v) is 6.86. The van der Waals surface area contributed by atoms with Gasteiger partial charge in [0.2, 0.25) is 5.91 Å². The van der Waals surface area contributed by atoms with Gasteiger partial charge in [-0.25, -0.2) is 4.98 Å². The second-order valence-electron chi connectivity index (χ2n) is 9.12. The number of halogens is 1. The highest BCUT2D eigenvalue weighted by Crippen LogP contribution is 2.28. The zero-order valence-electron chi connectivity index (χ0n) is 19.7. The van der Waals surface area contributed by atoms with Gasteiger partial charge < -0.3 is 14.6 Å². The Morgan fingerprint density at radius 3 is 2.64 bits per heavy atom. The summed E-state index contributed by atoms with van der Waals surface area (Å²) in [4.78, 5) is 16.6. The van der Waals surface area contributed by atoms with Crippen LogP contribution in [0.4, 0.5) is 0 Å². The zero-order valence-corrected chi connectivity index (χ0v) is 20.5. The van der Waals surface area contributed by atoms with Gasteiger partial charge in [-0.05, 0) is 81.3 Å². The van der Waals surface area contributed by atoms with E-state index in [0.717, 1.165) is 91.3 Å². The summed E-state index contributed by atoms with van der Waals surface area (Å²) in [5.41, 5.74) is 4.32. The number of para-hydroxylation sites is 2. The van der Waals surface area contributed by atoms with Crippen LogP contribution in [0.3, 0.4) is 0 Å². The van der Waals surface area contributed by atoms with Crippen LogP contribution in [-0.4, -0.2) is 28.6 Å². The third kappa shape index (κ3) is 6.29. The van der Waals surface area contributed by atoms with Crippen molar-refractivity contribution in [2.75, 3.05) is 13.2 Å². The van der Waals surface area contributed by atoms with E-state index in [0.29, 0.717) is 12.5 Å². The molecule has 4 rings (SSSR count). The lowest BCUT2D eigenvalue weighted by Gasteiger charge is -2.12. The van der Waals surface area contributed by atoms with Crippen LogP contribution in [0.25, 0.3) is 11.0 Å². The Balaban J connectivity index is 1.28. The lowest BCUT2D eigenvalue weighted by atomic mass is 10.1. The van der Waals surface area contributed by atoms with Crippen LogP contribution >= 0.6 is 11.6 Å². The van der Waals surface area contributed by atoms with Gasteiger partial charge in [0.15, 0.2) is 0 Å². The van der Waals surface area contributed by atoms with Crippen LogP contribution in [0.1, 0.15) is 55.5 Å². The van der Waals surface area contributed by atoms with Crippen molar-refractivity contribution in [2.45, 2.75) is 65.3 Å². The molecule has 176 valence electrons. The highest BCUT2D eigenvalue weighted by Gasteiger charge is 2.28. The van der Waals surface area contributed by atoms with Crippen LogP contribution in [0.2, 0.25) is 5.02 Å². The van der Waals surface area contributed by atoms with Crippen LogP contribution in [-0.2, 0) is 17.8 Å². The number of carbonyl (C=O) groups excluding carboxylic acids is 1. The summed E-state index contributed by atoms with van der Waals surface area (Å²) in [5.74, 6) is 2.54. The van der Waals surface area contributed by atoms with Crippen LogP contribution < -0.4 is 10.1 Å². The normalized spacial score (nSPS) is 13.4. The van der Waals surface area contributed by atoms with Gasteiger partial charge in [-0.3, -0.25) is 4.79 Å². The minimum atomic E-state index is 0.239. The highest BCUT2D eigenvalue weighted by atomic mass is 35.5. The van der Waals surface area contributed by atoms with Gasteiger partial charge in [-0.2, -0.15) is 0 Å². The molecule has 0 unspecified atom stereocenters. The number of hydrogen-bond acceptors (Lipinski definition) is 3. The molecular weight excluding hydrogens is 434 g/mol. The third-order valence-electron chi connectivity index (χ3n) is 6.26. The Morgan fingerprint density at radius 1 is 1.12 bits per heavy atom. The molecule has 1 saturated carbocycles. The van der Waals surface area contributed by atoms with Crippen molar-refractivity contribution in [1.29, 1.82) is 0 Å². The molecule has 1 aliphatic rings. The molecule has 3 aromatic rings. The molecule has 1 fully saturated rings. The summed E-state index contributed by atoms with van der Waals surface area (Å²) in [7, 11) is 0. The van der Waals surface area contributed by atoms with Gasteiger partial charge in [-0.15, -0.1) is 0 Å². The minimum Gasteiger partial charge on any atom is -0.494 e. The molecule has 1 heterocycles. The van der Waals surface area contributed by atoms with Crippen molar-refractivity contribution in [3.05, 3.63) is 58.4 Å². The van der Waals surface area contributed by atoms with Crippen molar-refractivity contribution in [2.24, 2.45) is 5.92 Å². The fourth-order valence-corrected chi connectivity index (χ4v) is 4.36. The standard InChI is InChI=1S/C27H34ClN3O2/c1-19-17-22(18-20(2)26(19)28)33-16-8-15-31-24-10-6-5-9-23(24)30-25(31)11-4-3-7-14-29-27(32)21-12-13-21/h5-6,9-10,17-18,21H,3-4,7-8,11-16H2,1-2H3,(H,29,32). The average molecular weight is 468 g/mol. The molecule has 2 aromatic carbocycles. The Hall–Kier alpha value is -2.53. The maximum absolute atomic E-state index is 11.7. The molecule has 33 heavy (non-hydrogen) atoms. The number of nitrogens with zero attached hydrogens (tertiary/aromatic N) is 2. The maximum atomic E-state index is 11.7. The molecule has 0 aliphatic heterocycles. The number of hydrogen-bond donors (Lipinski definition) is 1. The van der Waals surface area contributed by atoms with Gasteiger partial charge >= 0.3 is 0 Å². The number of unbranched alkanes of at least 4 members (excludes halogenated alkanes) is 2. The van der Waals surface area contributed by atoms with E-state index >= 15 is 0 Å². The number of rotatable bonds is 12. The molecule has 1 amide bonds. The molecule has 0 radical (unpaired) electrons. The van der Waals surface area contributed by atoms with Crippen LogP contribution in [0.15, 0.2) is 36.4 Å². The zero-order chi connectivity index (χ0) is 23.2. The van der Waals surface area contributed by atoms with Crippen molar-refractivity contribution < 1.29 is 9.53 Å². The summed E-state index contributed by atoms with van der Waals surface area (Å²) in [5, 5.41) is 3.86. The van der Waals surface area contributed by atoms with E-state index in [-0.39, 0.29) is 5.91 Å². The number of aryl methyl sites for hydroxylation is 4. The molecule has 5 nitrogen and oxygen atoms in total. The van der Waals surface area contributed by atoms with E-state index in [4.69, 9.17) is 21.3 Å². The lowest BCUT2D eigenvalue weighted by Crippen LogP contribution is -2.25. The molecule has 1 aromatic heterocycles. The van der Waals surface area contributed by atoms with Crippen molar-refractivity contribution in [3.8, 4) is 5.75 Å². The van der Waals surface area contributed by atoms with Gasteiger partial charge in [0, 0.05) is 30.5 Å². The number of carbonyl (C=O) groups is 1. The van der Waals surface area contributed by atoms with E-state index in [1.807, 2.05) is 32.0 Å². The Kier molecular flexibility index (Phi) is 7.92. The predicted molar refractivity (Wildman–Crippen MR) is 134 cm³/mol. The smallest absolute Gasteiger partial charge is 0.223 e. The first-order valence-electron chi connectivity index (χ1n) is 12.1. The predicted octanol–water partition coefficient (Wildman–Crippen LogP) is 6.01. The molecule has 1 aliphatic carbocycles. The van der Waals surface area contributed by atoms with Crippen molar-refractivity contribution in [1.82, 2.24) is 14.9 Å².